The molecule has 0 aliphatic heterocycles. The molecule has 0 bridgehead atoms. The van der Waals surface area contributed by atoms with Gasteiger partial charge in [0.2, 0.25) is 0 Å². The zero-order valence-corrected chi connectivity index (χ0v) is 10.6. The van der Waals surface area contributed by atoms with E-state index in [0.717, 1.165) is 5.56 Å². The molecule has 0 atom stereocenters. The lowest BCUT2D eigenvalue weighted by molar-refractivity contribution is 0.358. The smallest absolute Gasteiger partial charge is 0.137 e. The average Bonchev–Trinajstić information content (AvgIpc) is 2.35. The van der Waals surface area contributed by atoms with Gasteiger partial charge in [-0.2, -0.15) is 0 Å². The van der Waals surface area contributed by atoms with Gasteiger partial charge in [-0.1, -0.05) is 42.5 Å². The zero-order chi connectivity index (χ0) is 13.8. The van der Waals surface area contributed by atoms with Crippen molar-refractivity contribution in [3.8, 4) is 16.9 Å². The minimum atomic E-state index is -0.635. The van der Waals surface area contributed by atoms with Crippen molar-refractivity contribution < 1.29 is 13.5 Å². The van der Waals surface area contributed by atoms with Crippen LogP contribution in [-0.4, -0.2) is 6.61 Å². The van der Waals surface area contributed by atoms with Crippen molar-refractivity contribution >= 4 is 0 Å². The quantitative estimate of drug-likeness (QED) is 0.735. The summed E-state index contributed by atoms with van der Waals surface area (Å²) in [6.07, 6.45) is 1.52. The zero-order valence-electron chi connectivity index (χ0n) is 10.6. The number of ether oxygens (including phenoxy) is 1. The number of benzene rings is 2. The topological polar surface area (TPSA) is 9.23 Å². The van der Waals surface area contributed by atoms with Gasteiger partial charge in [0.05, 0.1) is 5.56 Å². The lowest BCUT2D eigenvalue weighted by Gasteiger charge is -2.09. The first-order valence-electron chi connectivity index (χ1n) is 5.91. The van der Waals surface area contributed by atoms with E-state index in [1.54, 1.807) is 18.2 Å². The van der Waals surface area contributed by atoms with E-state index in [1.807, 2.05) is 13.0 Å². The van der Waals surface area contributed by atoms with Crippen molar-refractivity contribution in [3.05, 3.63) is 66.3 Å². The molecule has 0 fully saturated rings. The molecule has 98 valence electrons. The SMILES string of the molecule is C=CCOc1cc(F)c(-c2cccc(C)c2)c(F)c1. The second-order valence-electron chi connectivity index (χ2n) is 4.23. The molecule has 0 aliphatic rings. The number of halogens is 2. The van der Waals surface area contributed by atoms with Gasteiger partial charge in [-0.3, -0.25) is 0 Å². The molecule has 0 spiro atoms. The maximum atomic E-state index is 14.0. The predicted octanol–water partition coefficient (Wildman–Crippen LogP) is 4.51. The highest BCUT2D eigenvalue weighted by atomic mass is 19.1. The largest absolute Gasteiger partial charge is 0.489 e. The van der Waals surface area contributed by atoms with Gasteiger partial charge in [-0.25, -0.2) is 8.78 Å². The minimum absolute atomic E-state index is 0.0327. The Morgan fingerprint density at radius 3 is 2.42 bits per heavy atom. The van der Waals surface area contributed by atoms with Crippen LogP contribution in [0, 0.1) is 18.6 Å². The lowest BCUT2D eigenvalue weighted by Crippen LogP contribution is -1.97. The number of aryl methyl sites for hydroxylation is 1. The fourth-order valence-corrected chi connectivity index (χ4v) is 1.86. The summed E-state index contributed by atoms with van der Waals surface area (Å²) in [5.41, 5.74) is 1.43. The molecule has 0 saturated heterocycles. The van der Waals surface area contributed by atoms with Gasteiger partial charge in [0.25, 0.3) is 0 Å². The minimum Gasteiger partial charge on any atom is -0.489 e. The Hall–Kier alpha value is -2.16. The van der Waals surface area contributed by atoms with Crippen LogP contribution in [0.1, 0.15) is 5.56 Å². The Balaban J connectivity index is 2.44. The van der Waals surface area contributed by atoms with E-state index in [1.165, 1.54) is 18.2 Å². The van der Waals surface area contributed by atoms with E-state index in [9.17, 15) is 8.78 Å². The Morgan fingerprint density at radius 1 is 1.16 bits per heavy atom. The second-order valence-corrected chi connectivity index (χ2v) is 4.23. The summed E-state index contributed by atoms with van der Waals surface area (Å²) in [4.78, 5) is 0. The highest BCUT2D eigenvalue weighted by molar-refractivity contribution is 5.66. The summed E-state index contributed by atoms with van der Waals surface area (Å²) >= 11 is 0. The van der Waals surface area contributed by atoms with E-state index in [4.69, 9.17) is 4.74 Å². The summed E-state index contributed by atoms with van der Waals surface area (Å²) < 4.78 is 33.2. The van der Waals surface area contributed by atoms with Crippen LogP contribution >= 0.6 is 0 Å². The standard InChI is InChI=1S/C16H14F2O/c1-3-7-19-13-9-14(17)16(15(18)10-13)12-6-4-5-11(2)8-12/h3-6,8-10H,1,7H2,2H3. The molecule has 0 N–H and O–H groups in total. The van der Waals surface area contributed by atoms with Crippen molar-refractivity contribution in [2.45, 2.75) is 6.92 Å². The normalized spacial score (nSPS) is 10.3. The van der Waals surface area contributed by atoms with Crippen molar-refractivity contribution in [1.29, 1.82) is 0 Å². The fraction of sp³-hybridized carbons (Fsp3) is 0.125. The van der Waals surface area contributed by atoms with Gasteiger partial charge in [0.15, 0.2) is 0 Å². The summed E-state index contributed by atoms with van der Waals surface area (Å²) in [5, 5.41) is 0. The Bertz CT molecular complexity index is 582. The molecule has 2 rings (SSSR count). The summed E-state index contributed by atoms with van der Waals surface area (Å²) in [5.74, 6) is -1.11. The third-order valence-corrected chi connectivity index (χ3v) is 2.69. The first-order valence-corrected chi connectivity index (χ1v) is 5.91. The molecule has 0 unspecified atom stereocenters. The molecular weight excluding hydrogens is 246 g/mol. The van der Waals surface area contributed by atoms with E-state index in [0.29, 0.717) is 5.56 Å². The molecule has 0 radical (unpaired) electrons. The number of hydrogen-bond acceptors (Lipinski definition) is 1. The first kappa shape index (κ1) is 13.3. The van der Waals surface area contributed by atoms with Crippen LogP contribution in [0.2, 0.25) is 0 Å². The van der Waals surface area contributed by atoms with Gasteiger partial charge in [0, 0.05) is 12.1 Å². The lowest BCUT2D eigenvalue weighted by atomic mass is 10.0. The van der Waals surface area contributed by atoms with Crippen molar-refractivity contribution in [2.24, 2.45) is 0 Å². The van der Waals surface area contributed by atoms with Crippen LogP contribution in [0.15, 0.2) is 49.1 Å². The molecule has 0 saturated carbocycles. The van der Waals surface area contributed by atoms with Gasteiger partial charge in [0.1, 0.15) is 24.0 Å². The Morgan fingerprint density at radius 2 is 1.84 bits per heavy atom. The molecule has 19 heavy (non-hydrogen) atoms. The molecule has 1 nitrogen and oxygen atoms in total. The van der Waals surface area contributed by atoms with E-state index < -0.39 is 11.6 Å². The van der Waals surface area contributed by atoms with Crippen molar-refractivity contribution in [1.82, 2.24) is 0 Å². The third kappa shape index (κ3) is 2.99. The third-order valence-electron chi connectivity index (χ3n) is 2.69. The highest BCUT2D eigenvalue weighted by Gasteiger charge is 2.13. The van der Waals surface area contributed by atoms with Crippen molar-refractivity contribution in [3.63, 3.8) is 0 Å². The molecule has 0 aromatic heterocycles. The van der Waals surface area contributed by atoms with E-state index in [-0.39, 0.29) is 17.9 Å². The molecule has 0 amide bonds. The maximum absolute atomic E-state index is 14.0. The van der Waals surface area contributed by atoms with Gasteiger partial charge >= 0.3 is 0 Å². The molecule has 2 aromatic carbocycles. The fourth-order valence-electron chi connectivity index (χ4n) is 1.86. The van der Waals surface area contributed by atoms with Gasteiger partial charge in [-0.05, 0) is 12.5 Å². The monoisotopic (exact) mass is 260 g/mol. The molecule has 3 heteroatoms. The summed E-state index contributed by atoms with van der Waals surface area (Å²) in [6.45, 7) is 5.57. The average molecular weight is 260 g/mol. The molecule has 2 aromatic rings. The number of hydrogen-bond donors (Lipinski definition) is 0. The summed E-state index contributed by atoms with van der Waals surface area (Å²) in [6, 6.07) is 9.44. The summed E-state index contributed by atoms with van der Waals surface area (Å²) in [7, 11) is 0. The van der Waals surface area contributed by atoms with E-state index >= 15 is 0 Å². The van der Waals surface area contributed by atoms with Gasteiger partial charge < -0.3 is 4.74 Å². The van der Waals surface area contributed by atoms with E-state index in [2.05, 4.69) is 6.58 Å². The van der Waals surface area contributed by atoms with Crippen LogP contribution in [-0.2, 0) is 0 Å². The van der Waals surface area contributed by atoms with Crippen LogP contribution in [0.25, 0.3) is 11.1 Å². The predicted molar refractivity (Wildman–Crippen MR) is 72.2 cm³/mol. The van der Waals surface area contributed by atoms with Crippen LogP contribution in [0.5, 0.6) is 5.75 Å². The van der Waals surface area contributed by atoms with Gasteiger partial charge in [-0.15, -0.1) is 0 Å². The van der Waals surface area contributed by atoms with Crippen LogP contribution in [0.3, 0.4) is 0 Å². The molecule has 0 heterocycles. The van der Waals surface area contributed by atoms with Crippen LogP contribution in [0.4, 0.5) is 8.78 Å². The van der Waals surface area contributed by atoms with Crippen molar-refractivity contribution in [2.75, 3.05) is 6.61 Å². The number of rotatable bonds is 4. The molecule has 0 aliphatic carbocycles. The van der Waals surface area contributed by atoms with Crippen LogP contribution < -0.4 is 4.74 Å². The highest BCUT2D eigenvalue weighted by Crippen LogP contribution is 2.30. The molecular formula is C16H14F2O. The Kier molecular flexibility index (Phi) is 3.95. The Labute approximate surface area is 111 Å². The first-order chi connectivity index (χ1) is 9.11. The maximum Gasteiger partial charge on any atom is 0.137 e. The second kappa shape index (κ2) is 5.65.